The smallest absolute Gasteiger partial charge is 0.299 e. The summed E-state index contributed by atoms with van der Waals surface area (Å²) in [6, 6.07) is 6.72. The molecule has 21 heavy (non-hydrogen) atoms. The highest BCUT2D eigenvalue weighted by molar-refractivity contribution is 5.81. The summed E-state index contributed by atoms with van der Waals surface area (Å²) in [5.41, 5.74) is 0.589. The zero-order chi connectivity index (χ0) is 15.5. The number of hydrogen-bond donors (Lipinski definition) is 0. The first-order valence-corrected chi connectivity index (χ1v) is 6.51. The molecule has 0 aliphatic carbocycles. The summed E-state index contributed by atoms with van der Waals surface area (Å²) in [5.74, 6) is -0.0875. The Bertz CT molecular complexity index is 632. The van der Waals surface area contributed by atoms with Crippen LogP contribution in [-0.2, 0) is 30.9 Å². The average Bonchev–Trinajstić information content (AvgIpc) is 2.81. The van der Waals surface area contributed by atoms with Crippen LogP contribution in [0.25, 0.3) is 0 Å². The highest BCUT2D eigenvalue weighted by Crippen LogP contribution is 2.29. The number of benzene rings is 1. The molecule has 0 radical (unpaired) electrons. The predicted molar refractivity (Wildman–Crippen MR) is 71.7 cm³/mol. The minimum Gasteiger partial charge on any atom is -0.299 e. The van der Waals surface area contributed by atoms with Crippen LogP contribution in [0.2, 0.25) is 0 Å². The Morgan fingerprint density at radius 1 is 1.29 bits per heavy atom. The van der Waals surface area contributed by atoms with E-state index in [4.69, 9.17) is 0 Å². The quantitative estimate of drug-likeness (QED) is 0.849. The summed E-state index contributed by atoms with van der Waals surface area (Å²) in [4.78, 5) is 11.9. The van der Waals surface area contributed by atoms with E-state index in [0.717, 1.165) is 17.8 Å². The van der Waals surface area contributed by atoms with Gasteiger partial charge in [0.2, 0.25) is 0 Å². The first-order valence-electron chi connectivity index (χ1n) is 6.51. The normalized spacial score (nSPS) is 11.6. The van der Waals surface area contributed by atoms with E-state index < -0.39 is 11.7 Å². The molecule has 0 fully saturated rings. The number of alkyl halides is 3. The first kappa shape index (κ1) is 15.3. The summed E-state index contributed by atoms with van der Waals surface area (Å²) in [5, 5.41) is 4.00. The van der Waals surface area contributed by atoms with Crippen molar-refractivity contribution in [1.82, 2.24) is 9.78 Å². The van der Waals surface area contributed by atoms with Crippen molar-refractivity contribution in [2.75, 3.05) is 0 Å². The Kier molecular flexibility index (Phi) is 4.45. The van der Waals surface area contributed by atoms with Gasteiger partial charge >= 0.3 is 6.18 Å². The van der Waals surface area contributed by atoms with Crippen LogP contribution in [-0.4, -0.2) is 15.6 Å². The van der Waals surface area contributed by atoms with Gasteiger partial charge in [-0.1, -0.05) is 18.2 Å². The lowest BCUT2D eigenvalue weighted by Gasteiger charge is -2.08. The third-order valence-electron chi connectivity index (χ3n) is 3.24. The lowest BCUT2D eigenvalue weighted by atomic mass is 10.0. The van der Waals surface area contributed by atoms with Gasteiger partial charge < -0.3 is 0 Å². The monoisotopic (exact) mass is 296 g/mol. The molecule has 0 aliphatic heterocycles. The summed E-state index contributed by atoms with van der Waals surface area (Å²) < 4.78 is 39.4. The molecule has 6 heteroatoms. The molecule has 2 aromatic rings. The number of Topliss-reactive ketones (excluding diaryl/α,β-unsaturated/α-hetero) is 1. The molecule has 0 aliphatic rings. The van der Waals surface area contributed by atoms with E-state index in [-0.39, 0.29) is 18.6 Å². The second-order valence-electron chi connectivity index (χ2n) is 4.86. The molecule has 0 atom stereocenters. The number of ketones is 1. The summed E-state index contributed by atoms with van der Waals surface area (Å²) in [7, 11) is 1.78. The van der Waals surface area contributed by atoms with Crippen molar-refractivity contribution in [2.24, 2.45) is 7.05 Å². The van der Waals surface area contributed by atoms with Gasteiger partial charge in [0.05, 0.1) is 5.56 Å². The van der Waals surface area contributed by atoms with Crippen molar-refractivity contribution >= 4 is 5.78 Å². The summed E-state index contributed by atoms with van der Waals surface area (Å²) in [6.45, 7) is 0. The van der Waals surface area contributed by atoms with E-state index in [2.05, 4.69) is 5.10 Å². The summed E-state index contributed by atoms with van der Waals surface area (Å²) >= 11 is 0. The highest BCUT2D eigenvalue weighted by Gasteiger charge is 2.30. The number of aromatic nitrogens is 2. The van der Waals surface area contributed by atoms with Gasteiger partial charge in [-0.15, -0.1) is 0 Å². The van der Waals surface area contributed by atoms with Gasteiger partial charge in [-0.25, -0.2) is 0 Å². The van der Waals surface area contributed by atoms with Gasteiger partial charge in [0, 0.05) is 31.8 Å². The fourth-order valence-corrected chi connectivity index (χ4v) is 2.09. The molecule has 0 spiro atoms. The van der Waals surface area contributed by atoms with E-state index in [0.29, 0.717) is 12.0 Å². The number of nitrogens with zero attached hydrogens (tertiary/aromatic N) is 2. The number of hydrogen-bond acceptors (Lipinski definition) is 2. The molecule has 2 rings (SSSR count). The second-order valence-corrected chi connectivity index (χ2v) is 4.86. The topological polar surface area (TPSA) is 34.9 Å². The lowest BCUT2D eigenvalue weighted by molar-refractivity contribution is -0.137. The number of carbonyl (C=O) groups is 1. The maximum absolute atomic E-state index is 12.6. The van der Waals surface area contributed by atoms with Crippen LogP contribution in [0.15, 0.2) is 36.5 Å². The molecule has 1 heterocycles. The van der Waals surface area contributed by atoms with Gasteiger partial charge in [0.15, 0.2) is 0 Å². The molecule has 0 amide bonds. The van der Waals surface area contributed by atoms with E-state index in [1.165, 1.54) is 12.1 Å². The minimum atomic E-state index is -4.38. The number of carbonyl (C=O) groups excluding carboxylic acids is 1. The molecule has 0 unspecified atom stereocenters. The zero-order valence-corrected chi connectivity index (χ0v) is 11.5. The maximum atomic E-state index is 12.6. The third kappa shape index (κ3) is 4.18. The molecular formula is C15H15F3N2O. The van der Waals surface area contributed by atoms with Crippen molar-refractivity contribution in [2.45, 2.75) is 25.4 Å². The van der Waals surface area contributed by atoms with Gasteiger partial charge in [-0.2, -0.15) is 18.3 Å². The zero-order valence-electron chi connectivity index (χ0n) is 11.5. The van der Waals surface area contributed by atoms with Crippen LogP contribution in [0.1, 0.15) is 23.2 Å². The van der Waals surface area contributed by atoms with Crippen molar-refractivity contribution < 1.29 is 18.0 Å². The van der Waals surface area contributed by atoms with Gasteiger partial charge in [0.1, 0.15) is 5.78 Å². The van der Waals surface area contributed by atoms with E-state index in [1.54, 1.807) is 17.9 Å². The van der Waals surface area contributed by atoms with Crippen LogP contribution in [0.5, 0.6) is 0 Å². The third-order valence-corrected chi connectivity index (χ3v) is 3.24. The van der Waals surface area contributed by atoms with Gasteiger partial charge in [0.25, 0.3) is 0 Å². The maximum Gasteiger partial charge on any atom is 0.416 e. The molecule has 0 saturated heterocycles. The first-order chi connectivity index (χ1) is 9.86. The molecule has 112 valence electrons. The highest BCUT2D eigenvalue weighted by atomic mass is 19.4. The van der Waals surface area contributed by atoms with Crippen LogP contribution < -0.4 is 0 Å². The van der Waals surface area contributed by atoms with Crippen molar-refractivity contribution in [3.8, 4) is 0 Å². The number of halogens is 3. The van der Waals surface area contributed by atoms with Crippen molar-refractivity contribution in [3.63, 3.8) is 0 Å². The van der Waals surface area contributed by atoms with Crippen molar-refractivity contribution in [1.29, 1.82) is 0 Å². The molecule has 0 N–H and O–H groups in total. The molecule has 0 saturated carbocycles. The van der Waals surface area contributed by atoms with Crippen LogP contribution in [0.4, 0.5) is 13.2 Å². The Balaban J connectivity index is 1.95. The van der Waals surface area contributed by atoms with E-state index >= 15 is 0 Å². The second kappa shape index (κ2) is 6.11. The Hall–Kier alpha value is -2.11. The Morgan fingerprint density at radius 2 is 2.05 bits per heavy atom. The van der Waals surface area contributed by atoms with Crippen LogP contribution >= 0.6 is 0 Å². The minimum absolute atomic E-state index is 0.0156. The number of rotatable bonds is 5. The van der Waals surface area contributed by atoms with Crippen molar-refractivity contribution in [3.05, 3.63) is 53.3 Å². The van der Waals surface area contributed by atoms with E-state index in [9.17, 15) is 18.0 Å². The molecular weight excluding hydrogens is 281 g/mol. The van der Waals surface area contributed by atoms with Gasteiger partial charge in [-0.05, 0) is 24.1 Å². The van der Waals surface area contributed by atoms with Crippen LogP contribution in [0.3, 0.4) is 0 Å². The Morgan fingerprint density at radius 3 is 2.67 bits per heavy atom. The standard InChI is InChI=1S/C15H15F3N2O/c1-20-13(7-8-19-20)5-6-14(21)10-11-3-2-4-12(9-11)15(16,17)18/h2-4,7-9H,5-6,10H2,1H3. The summed E-state index contributed by atoms with van der Waals surface area (Å²) in [6.07, 6.45) is -1.90. The SMILES string of the molecule is Cn1nccc1CCC(=O)Cc1cccc(C(F)(F)F)c1. The van der Waals surface area contributed by atoms with E-state index in [1.807, 2.05) is 6.07 Å². The number of aryl methyl sites for hydroxylation is 2. The molecule has 3 nitrogen and oxygen atoms in total. The predicted octanol–water partition coefficient (Wildman–Crippen LogP) is 3.18. The molecule has 1 aromatic carbocycles. The molecule has 0 bridgehead atoms. The fraction of sp³-hybridized carbons (Fsp3) is 0.333. The van der Waals surface area contributed by atoms with Gasteiger partial charge in [-0.3, -0.25) is 9.48 Å². The fourth-order valence-electron chi connectivity index (χ4n) is 2.09. The average molecular weight is 296 g/mol. The molecule has 1 aromatic heterocycles. The lowest BCUT2D eigenvalue weighted by Crippen LogP contribution is -2.09. The Labute approximate surface area is 120 Å². The largest absolute Gasteiger partial charge is 0.416 e. The van der Waals surface area contributed by atoms with Crippen LogP contribution in [0, 0.1) is 0 Å².